The molecule has 3 amide bonds. The van der Waals surface area contributed by atoms with Crippen LogP contribution in [0.3, 0.4) is 0 Å². The van der Waals surface area contributed by atoms with Crippen molar-refractivity contribution in [3.63, 3.8) is 0 Å². The number of aliphatic hydroxyl groups is 1. The summed E-state index contributed by atoms with van der Waals surface area (Å²) in [6, 6.07) is 11.6. The monoisotopic (exact) mass is 496 g/mol. The van der Waals surface area contributed by atoms with Crippen LogP contribution in [0, 0.1) is 0 Å². The van der Waals surface area contributed by atoms with Crippen LogP contribution in [-0.2, 0) is 6.18 Å². The molecule has 0 unspecified atom stereocenters. The van der Waals surface area contributed by atoms with Gasteiger partial charge in [-0.05, 0) is 48.5 Å². The molecule has 0 radical (unpaired) electrons. The number of benzene rings is 2. The molecule has 3 rings (SSSR count). The number of alkyl halides is 3. The number of hydrogen-bond donors (Lipinski definition) is 4. The maximum Gasteiger partial charge on any atom is 0.417 e. The van der Waals surface area contributed by atoms with E-state index in [4.69, 9.17) is 21.4 Å². The van der Waals surface area contributed by atoms with Gasteiger partial charge in [-0.25, -0.2) is 4.79 Å². The Balaban J connectivity index is 0.00000199. The van der Waals surface area contributed by atoms with Gasteiger partial charge in [-0.3, -0.25) is 9.78 Å². The molecule has 0 fully saturated rings. The van der Waals surface area contributed by atoms with E-state index in [0.717, 1.165) is 19.2 Å². The van der Waals surface area contributed by atoms with Crippen LogP contribution in [-0.4, -0.2) is 36.2 Å². The van der Waals surface area contributed by atoms with E-state index >= 15 is 0 Å². The molecule has 0 spiro atoms. The number of aliphatic hydroxyl groups excluding tert-OH is 1. The minimum Gasteiger partial charge on any atom is -0.457 e. The van der Waals surface area contributed by atoms with E-state index in [-0.39, 0.29) is 17.3 Å². The lowest BCUT2D eigenvalue weighted by Gasteiger charge is -2.12. The Bertz CT molecular complexity index is 1140. The number of anilines is 2. The molecular weight excluding hydrogens is 477 g/mol. The molecule has 180 valence electrons. The standard InChI is InChI=1S/C21H16ClF3N4O3.CH4O/c1-26-19(30)18-11-15(8-9-27-18)32-14-5-2-12(3-6-14)28-20(31)29-13-4-7-17(22)16(10-13)21(23,24)25;1-2/h2-11H,1H3,(H,26,30)(H2,28,29,31);2H,1H3. The fraction of sp³-hybridized carbons (Fsp3) is 0.136. The Kier molecular flexibility index (Phi) is 9.22. The molecule has 0 aliphatic rings. The first-order valence-corrected chi connectivity index (χ1v) is 9.89. The van der Waals surface area contributed by atoms with Crippen molar-refractivity contribution in [2.75, 3.05) is 24.8 Å². The summed E-state index contributed by atoms with van der Waals surface area (Å²) in [5, 5.41) is 13.8. The number of pyridine rings is 1. The summed E-state index contributed by atoms with van der Waals surface area (Å²) in [5.74, 6) is 0.460. The molecule has 1 aromatic heterocycles. The summed E-state index contributed by atoms with van der Waals surface area (Å²) in [5.41, 5.74) is -0.547. The van der Waals surface area contributed by atoms with Crippen LogP contribution >= 0.6 is 11.6 Å². The Morgan fingerprint density at radius 2 is 1.56 bits per heavy atom. The Morgan fingerprint density at radius 1 is 0.941 bits per heavy atom. The van der Waals surface area contributed by atoms with Crippen molar-refractivity contribution >= 4 is 34.9 Å². The Labute approximate surface area is 197 Å². The predicted molar refractivity (Wildman–Crippen MR) is 121 cm³/mol. The highest BCUT2D eigenvalue weighted by Crippen LogP contribution is 2.36. The zero-order valence-electron chi connectivity index (χ0n) is 17.9. The zero-order chi connectivity index (χ0) is 25.3. The largest absolute Gasteiger partial charge is 0.457 e. The first-order chi connectivity index (χ1) is 16.2. The lowest BCUT2D eigenvalue weighted by atomic mass is 10.2. The van der Waals surface area contributed by atoms with Gasteiger partial charge in [0.05, 0.1) is 10.6 Å². The van der Waals surface area contributed by atoms with Gasteiger partial charge in [0, 0.05) is 37.8 Å². The summed E-state index contributed by atoms with van der Waals surface area (Å²) in [6.07, 6.45) is -3.21. The lowest BCUT2D eigenvalue weighted by molar-refractivity contribution is -0.137. The summed E-state index contributed by atoms with van der Waals surface area (Å²) >= 11 is 5.57. The lowest BCUT2D eigenvalue weighted by Crippen LogP contribution is -2.19. The number of urea groups is 1. The highest BCUT2D eigenvalue weighted by molar-refractivity contribution is 6.31. The van der Waals surface area contributed by atoms with Crippen molar-refractivity contribution < 1.29 is 32.6 Å². The fourth-order valence-corrected chi connectivity index (χ4v) is 2.81. The zero-order valence-corrected chi connectivity index (χ0v) is 18.7. The topological polar surface area (TPSA) is 113 Å². The molecule has 34 heavy (non-hydrogen) atoms. The third kappa shape index (κ3) is 7.36. The van der Waals surface area contributed by atoms with Crippen molar-refractivity contribution in [1.29, 1.82) is 0 Å². The molecule has 0 saturated carbocycles. The number of rotatable bonds is 5. The van der Waals surface area contributed by atoms with Crippen molar-refractivity contribution in [2.24, 2.45) is 0 Å². The van der Waals surface area contributed by atoms with E-state index in [2.05, 4.69) is 20.9 Å². The number of amides is 3. The quantitative estimate of drug-likeness (QED) is 0.390. The van der Waals surface area contributed by atoms with Crippen LogP contribution in [0.25, 0.3) is 0 Å². The molecule has 0 saturated heterocycles. The molecule has 0 aliphatic carbocycles. The molecule has 8 nitrogen and oxygen atoms in total. The summed E-state index contributed by atoms with van der Waals surface area (Å²) in [7, 11) is 2.49. The summed E-state index contributed by atoms with van der Waals surface area (Å²) in [4.78, 5) is 27.7. The first kappa shape index (κ1) is 26.4. The van der Waals surface area contributed by atoms with Crippen LogP contribution in [0.1, 0.15) is 16.1 Å². The molecule has 2 aromatic carbocycles. The van der Waals surface area contributed by atoms with Crippen molar-refractivity contribution in [2.45, 2.75) is 6.18 Å². The van der Waals surface area contributed by atoms with E-state index in [1.807, 2.05) is 0 Å². The third-order valence-corrected chi connectivity index (χ3v) is 4.40. The highest BCUT2D eigenvalue weighted by atomic mass is 35.5. The normalized spacial score (nSPS) is 10.4. The van der Waals surface area contributed by atoms with E-state index in [1.165, 1.54) is 25.4 Å². The fourth-order valence-electron chi connectivity index (χ4n) is 2.58. The van der Waals surface area contributed by atoms with Crippen LogP contribution in [0.2, 0.25) is 5.02 Å². The maximum absolute atomic E-state index is 12.9. The van der Waals surface area contributed by atoms with Crippen LogP contribution < -0.4 is 20.7 Å². The van der Waals surface area contributed by atoms with Gasteiger partial charge in [-0.2, -0.15) is 13.2 Å². The average molecular weight is 497 g/mol. The summed E-state index contributed by atoms with van der Waals surface area (Å²) < 4.78 is 44.5. The number of ether oxygens (including phenoxy) is 1. The van der Waals surface area contributed by atoms with Crippen LogP contribution in [0.4, 0.5) is 29.3 Å². The van der Waals surface area contributed by atoms with E-state index in [9.17, 15) is 22.8 Å². The Hall–Kier alpha value is -3.83. The second kappa shape index (κ2) is 11.9. The van der Waals surface area contributed by atoms with Crippen molar-refractivity contribution in [3.8, 4) is 11.5 Å². The van der Waals surface area contributed by atoms with E-state index in [0.29, 0.717) is 17.2 Å². The van der Waals surface area contributed by atoms with Crippen molar-refractivity contribution in [1.82, 2.24) is 10.3 Å². The second-order valence-electron chi connectivity index (χ2n) is 6.35. The van der Waals surface area contributed by atoms with Gasteiger partial charge in [0.2, 0.25) is 0 Å². The molecule has 0 bridgehead atoms. The van der Waals surface area contributed by atoms with Crippen LogP contribution in [0.5, 0.6) is 11.5 Å². The van der Waals surface area contributed by atoms with Crippen LogP contribution in [0.15, 0.2) is 60.8 Å². The molecule has 12 heteroatoms. The SMILES string of the molecule is CNC(=O)c1cc(Oc2ccc(NC(=O)Nc3ccc(Cl)c(C(F)(F)F)c3)cc2)ccn1.CO. The number of hydrogen-bond acceptors (Lipinski definition) is 5. The number of aromatic nitrogens is 1. The molecule has 4 N–H and O–H groups in total. The van der Waals surface area contributed by atoms with Gasteiger partial charge < -0.3 is 25.8 Å². The van der Waals surface area contributed by atoms with E-state index < -0.39 is 22.8 Å². The van der Waals surface area contributed by atoms with Gasteiger partial charge in [0.1, 0.15) is 17.2 Å². The number of carbonyl (C=O) groups excluding carboxylic acids is 2. The molecule has 3 aromatic rings. The summed E-state index contributed by atoms with van der Waals surface area (Å²) in [6.45, 7) is 0. The van der Waals surface area contributed by atoms with Crippen molar-refractivity contribution in [3.05, 3.63) is 77.1 Å². The number of nitrogens with one attached hydrogen (secondary N) is 3. The van der Waals surface area contributed by atoms with E-state index in [1.54, 1.807) is 30.3 Å². The smallest absolute Gasteiger partial charge is 0.417 e. The number of halogens is 4. The predicted octanol–water partition coefficient (Wildman–Crippen LogP) is 5.16. The number of nitrogens with zero attached hydrogens (tertiary/aromatic N) is 1. The van der Waals surface area contributed by atoms with Gasteiger partial charge in [0.15, 0.2) is 0 Å². The highest BCUT2D eigenvalue weighted by Gasteiger charge is 2.33. The van der Waals surface area contributed by atoms with Gasteiger partial charge in [-0.1, -0.05) is 11.6 Å². The first-order valence-electron chi connectivity index (χ1n) is 9.51. The van der Waals surface area contributed by atoms with Gasteiger partial charge in [0.25, 0.3) is 5.91 Å². The van der Waals surface area contributed by atoms with Gasteiger partial charge >= 0.3 is 12.2 Å². The maximum atomic E-state index is 12.9. The molecular formula is C22H20ClF3N4O4. The Morgan fingerprint density at radius 3 is 2.18 bits per heavy atom. The molecule has 0 aliphatic heterocycles. The minimum atomic E-state index is -4.64. The minimum absolute atomic E-state index is 0.0659. The second-order valence-corrected chi connectivity index (χ2v) is 6.76. The number of carbonyl (C=O) groups is 2. The van der Waals surface area contributed by atoms with Gasteiger partial charge in [-0.15, -0.1) is 0 Å². The average Bonchev–Trinajstić information content (AvgIpc) is 2.82. The third-order valence-electron chi connectivity index (χ3n) is 4.07. The molecule has 1 heterocycles. The molecule has 0 atom stereocenters.